The first kappa shape index (κ1) is 21.2. The minimum absolute atomic E-state index is 0. The van der Waals surface area contributed by atoms with Crippen molar-refractivity contribution in [2.45, 2.75) is 19.1 Å². The Balaban J connectivity index is 0.00000261. The molecular weight excluding hydrogens is 360 g/mol. The first-order chi connectivity index (χ1) is 12.6. The van der Waals surface area contributed by atoms with E-state index >= 15 is 0 Å². The van der Waals surface area contributed by atoms with Gasteiger partial charge in [0.15, 0.2) is 0 Å². The van der Waals surface area contributed by atoms with Crippen LogP contribution < -0.4 is 17.3 Å². The Hall–Kier alpha value is -2.14. The first-order valence-electron chi connectivity index (χ1n) is 9.25. The number of nitrogens with zero attached hydrogens (tertiary/aromatic N) is 1. The molecule has 2 unspecified atom stereocenters. The molecule has 0 aromatic heterocycles. The van der Waals surface area contributed by atoms with Crippen LogP contribution in [0.25, 0.3) is 6.08 Å². The number of aliphatic hydroxyl groups excluding tert-OH is 1. The monoisotopic (exact) mass is 386 g/mol. The Morgan fingerprint density at radius 2 is 1.59 bits per heavy atom. The van der Waals surface area contributed by atoms with Crippen LogP contribution in [0.2, 0.25) is 0 Å². The summed E-state index contributed by atoms with van der Waals surface area (Å²) in [4.78, 5) is 15.6. The van der Waals surface area contributed by atoms with Crippen molar-refractivity contribution in [1.82, 2.24) is 4.90 Å². The summed E-state index contributed by atoms with van der Waals surface area (Å²) in [5, 5.41) is 10.6. The first-order valence-corrected chi connectivity index (χ1v) is 9.25. The summed E-state index contributed by atoms with van der Waals surface area (Å²) in [7, 11) is 0. The number of nitrogens with one attached hydrogen (secondary N) is 1. The van der Waals surface area contributed by atoms with E-state index in [-0.39, 0.29) is 24.4 Å². The molecule has 1 amide bonds. The Bertz CT molecular complexity index is 728. The van der Waals surface area contributed by atoms with Crippen molar-refractivity contribution in [3.63, 3.8) is 0 Å². The maximum atomic E-state index is 12.4. The predicted octanol–water partition coefficient (Wildman–Crippen LogP) is -1.45. The van der Waals surface area contributed by atoms with Crippen LogP contribution in [0.5, 0.6) is 0 Å². The summed E-state index contributed by atoms with van der Waals surface area (Å²) >= 11 is 0. The van der Waals surface area contributed by atoms with Crippen LogP contribution in [0.1, 0.15) is 24.2 Å². The van der Waals surface area contributed by atoms with Crippen molar-refractivity contribution in [3.8, 4) is 0 Å². The summed E-state index contributed by atoms with van der Waals surface area (Å²) in [5.74, 6) is 0.0594. The molecule has 1 heterocycles. The van der Waals surface area contributed by atoms with E-state index in [2.05, 4.69) is 6.92 Å². The molecule has 2 aromatic rings. The molecule has 1 aliphatic rings. The van der Waals surface area contributed by atoms with Gasteiger partial charge in [0.2, 0.25) is 5.91 Å². The van der Waals surface area contributed by atoms with Gasteiger partial charge in [0.25, 0.3) is 0 Å². The zero-order chi connectivity index (χ0) is 18.4. The Labute approximate surface area is 167 Å². The lowest BCUT2D eigenvalue weighted by molar-refractivity contribution is -0.931. The number of halogens is 1. The van der Waals surface area contributed by atoms with Gasteiger partial charge in [-0.05, 0) is 24.1 Å². The maximum absolute atomic E-state index is 12.4. The van der Waals surface area contributed by atoms with Crippen molar-refractivity contribution < 1.29 is 27.2 Å². The smallest absolute Gasteiger partial charge is 0.246 e. The normalized spacial score (nSPS) is 17.3. The number of benzene rings is 2. The topological polar surface area (TPSA) is 45.0 Å². The molecule has 1 fully saturated rings. The Kier molecular flexibility index (Phi) is 8.04. The molecule has 2 N–H and O–H groups in total. The van der Waals surface area contributed by atoms with Crippen LogP contribution >= 0.6 is 0 Å². The molecule has 0 saturated carbocycles. The molecule has 0 radical (unpaired) electrons. The van der Waals surface area contributed by atoms with E-state index in [0.717, 1.165) is 37.3 Å². The zero-order valence-corrected chi connectivity index (χ0v) is 16.3. The highest BCUT2D eigenvalue weighted by Crippen LogP contribution is 2.14. The summed E-state index contributed by atoms with van der Waals surface area (Å²) < 4.78 is 0. The lowest BCUT2D eigenvalue weighted by atomic mass is 10.0. The third-order valence-electron chi connectivity index (χ3n) is 5.19. The fourth-order valence-corrected chi connectivity index (χ4v) is 3.47. The van der Waals surface area contributed by atoms with E-state index in [1.807, 2.05) is 71.6 Å². The number of amides is 1. The number of rotatable bonds is 5. The third kappa shape index (κ3) is 5.67. The van der Waals surface area contributed by atoms with Crippen LogP contribution in [-0.4, -0.2) is 48.1 Å². The van der Waals surface area contributed by atoms with Crippen LogP contribution in [0.3, 0.4) is 0 Å². The summed E-state index contributed by atoms with van der Waals surface area (Å²) in [6.45, 7) is 5.24. The van der Waals surface area contributed by atoms with E-state index in [4.69, 9.17) is 0 Å². The van der Waals surface area contributed by atoms with Crippen LogP contribution in [-0.2, 0) is 4.79 Å². The molecule has 3 rings (SSSR count). The molecular formula is C22H27ClN2O2. The molecule has 2 atom stereocenters. The van der Waals surface area contributed by atoms with E-state index in [1.165, 1.54) is 4.90 Å². The van der Waals surface area contributed by atoms with Gasteiger partial charge in [-0.2, -0.15) is 0 Å². The lowest BCUT2D eigenvalue weighted by Gasteiger charge is -2.36. The number of quaternary nitrogens is 1. The number of carbonyl (C=O) groups is 1. The van der Waals surface area contributed by atoms with Gasteiger partial charge in [-0.1, -0.05) is 60.7 Å². The molecule has 1 aliphatic heterocycles. The molecule has 0 spiro atoms. The highest BCUT2D eigenvalue weighted by atomic mass is 35.5. The zero-order valence-electron chi connectivity index (χ0n) is 15.6. The van der Waals surface area contributed by atoms with Gasteiger partial charge in [-0.15, -0.1) is 0 Å². The molecule has 0 bridgehead atoms. The summed E-state index contributed by atoms with van der Waals surface area (Å²) in [5.41, 5.74) is 1.99. The molecule has 5 heteroatoms. The van der Waals surface area contributed by atoms with Crippen molar-refractivity contribution in [1.29, 1.82) is 0 Å². The van der Waals surface area contributed by atoms with E-state index in [0.29, 0.717) is 0 Å². The second kappa shape index (κ2) is 10.3. The number of piperazine rings is 1. The van der Waals surface area contributed by atoms with Crippen LogP contribution in [0.15, 0.2) is 66.7 Å². The van der Waals surface area contributed by atoms with Crippen molar-refractivity contribution in [3.05, 3.63) is 77.9 Å². The maximum Gasteiger partial charge on any atom is 0.246 e. The third-order valence-corrected chi connectivity index (χ3v) is 5.19. The highest BCUT2D eigenvalue weighted by Gasteiger charge is 2.30. The number of hydrogen-bond donors (Lipinski definition) is 2. The lowest BCUT2D eigenvalue weighted by Crippen LogP contribution is -3.18. The number of aliphatic hydroxyl groups is 1. The number of carbonyl (C=O) groups excluding carboxylic acids is 1. The van der Waals surface area contributed by atoms with Gasteiger partial charge in [-0.25, -0.2) is 0 Å². The molecule has 144 valence electrons. The molecule has 2 aromatic carbocycles. The Morgan fingerprint density at radius 3 is 2.19 bits per heavy atom. The van der Waals surface area contributed by atoms with E-state index < -0.39 is 6.10 Å². The van der Waals surface area contributed by atoms with Crippen LogP contribution in [0.4, 0.5) is 0 Å². The van der Waals surface area contributed by atoms with Gasteiger partial charge in [-0.3, -0.25) is 4.79 Å². The van der Waals surface area contributed by atoms with Gasteiger partial charge >= 0.3 is 0 Å². The largest absolute Gasteiger partial charge is 1.00 e. The van der Waals surface area contributed by atoms with Gasteiger partial charge < -0.3 is 27.3 Å². The van der Waals surface area contributed by atoms with Gasteiger partial charge in [0.05, 0.1) is 26.2 Å². The van der Waals surface area contributed by atoms with Crippen molar-refractivity contribution >= 4 is 12.0 Å². The second-order valence-electron chi connectivity index (χ2n) is 6.87. The van der Waals surface area contributed by atoms with Crippen molar-refractivity contribution in [2.75, 3.05) is 26.2 Å². The fraction of sp³-hybridized carbons (Fsp3) is 0.318. The second-order valence-corrected chi connectivity index (χ2v) is 6.87. The average Bonchev–Trinajstić information content (AvgIpc) is 2.72. The van der Waals surface area contributed by atoms with Crippen LogP contribution in [0, 0.1) is 0 Å². The van der Waals surface area contributed by atoms with Crippen molar-refractivity contribution in [2.24, 2.45) is 0 Å². The SMILES string of the molecule is CC(C(O)c1ccccc1)[NH+]1CCN(C(=O)/C=C/c2ccccc2)CC1.[Cl-]. The minimum atomic E-state index is -0.480. The molecule has 27 heavy (non-hydrogen) atoms. The molecule has 0 aliphatic carbocycles. The predicted molar refractivity (Wildman–Crippen MR) is 104 cm³/mol. The highest BCUT2D eigenvalue weighted by molar-refractivity contribution is 5.91. The fourth-order valence-electron chi connectivity index (χ4n) is 3.47. The molecule has 1 saturated heterocycles. The summed E-state index contributed by atoms with van der Waals surface area (Å²) in [6, 6.07) is 19.8. The quantitative estimate of drug-likeness (QED) is 0.618. The van der Waals surface area contributed by atoms with E-state index in [9.17, 15) is 9.90 Å². The Morgan fingerprint density at radius 1 is 1.04 bits per heavy atom. The standard InChI is InChI=1S/C22H26N2O2.ClH/c1-18(22(26)20-10-6-3-7-11-20)23-14-16-24(17-15-23)21(25)13-12-19-8-4-2-5-9-19;/h2-13,18,22,26H,14-17H2,1H3;1H/b13-12+;. The molecule has 4 nitrogen and oxygen atoms in total. The minimum Gasteiger partial charge on any atom is -1.00 e. The van der Waals surface area contributed by atoms with Gasteiger partial charge in [0.1, 0.15) is 12.1 Å². The average molecular weight is 387 g/mol. The van der Waals surface area contributed by atoms with E-state index in [1.54, 1.807) is 6.08 Å². The number of hydrogen-bond acceptors (Lipinski definition) is 2. The summed E-state index contributed by atoms with van der Waals surface area (Å²) in [6.07, 6.45) is 3.04. The van der Waals surface area contributed by atoms with Gasteiger partial charge in [0, 0.05) is 6.08 Å².